The fourth-order valence-electron chi connectivity index (χ4n) is 1.12. The molecule has 0 heterocycles. The summed E-state index contributed by atoms with van der Waals surface area (Å²) < 4.78 is 0. The highest BCUT2D eigenvalue weighted by atomic mass is 35.5. The summed E-state index contributed by atoms with van der Waals surface area (Å²) in [5.41, 5.74) is -0.369. The Hall–Kier alpha value is -0.150. The van der Waals surface area contributed by atoms with Crippen LogP contribution in [0.1, 0.15) is 17.3 Å². The van der Waals surface area contributed by atoms with Gasteiger partial charge in [-0.15, -0.1) is 23.2 Å². The molecule has 0 saturated heterocycles. The maximum atomic E-state index is 12.0. The van der Waals surface area contributed by atoms with Crippen LogP contribution in [0, 0.1) is 0 Å². The first kappa shape index (κ1) is 14.9. The first-order valence-corrected chi connectivity index (χ1v) is 6.64. The van der Waals surface area contributed by atoms with Gasteiger partial charge in [0, 0.05) is 16.8 Å². The molecule has 1 amide bonds. The fraction of sp³-hybridized carbons (Fsp3) is 0.364. The van der Waals surface area contributed by atoms with Crippen LogP contribution in [-0.2, 0) is 0 Å². The predicted molar refractivity (Wildman–Crippen MR) is 73.8 cm³/mol. The summed E-state index contributed by atoms with van der Waals surface area (Å²) in [6.45, 7) is 1.75. The van der Waals surface area contributed by atoms with Gasteiger partial charge in [-0.05, 0) is 25.1 Å². The van der Waals surface area contributed by atoms with E-state index in [1.165, 1.54) is 6.07 Å². The number of hydrogen-bond donors (Lipinski definition) is 1. The molecule has 6 heteroatoms. The van der Waals surface area contributed by atoms with Crippen molar-refractivity contribution < 1.29 is 4.79 Å². The molecule has 0 aliphatic carbocycles. The molecule has 17 heavy (non-hydrogen) atoms. The largest absolute Gasteiger partial charge is 0.344 e. The van der Waals surface area contributed by atoms with Crippen molar-refractivity contribution in [3.8, 4) is 0 Å². The zero-order valence-electron chi connectivity index (χ0n) is 9.07. The summed E-state index contributed by atoms with van der Waals surface area (Å²) in [6.07, 6.45) is 0. The summed E-state index contributed by atoms with van der Waals surface area (Å²) in [4.78, 5) is 12.0. The minimum Gasteiger partial charge on any atom is -0.344 e. The lowest BCUT2D eigenvalue weighted by molar-refractivity contribution is 0.0921. The monoisotopic (exact) mass is 313 g/mol. The molecule has 1 rings (SSSR count). The standard InChI is InChI=1S/C11H11Cl4NO/c1-11(5-12,6-13)16-10(17)8-4-7(14)2-3-9(8)15/h2-4H,5-6H2,1H3,(H,16,17). The van der Waals surface area contributed by atoms with Crippen molar-refractivity contribution in [3.63, 3.8) is 0 Å². The zero-order valence-corrected chi connectivity index (χ0v) is 12.1. The molecule has 0 radical (unpaired) electrons. The van der Waals surface area contributed by atoms with Gasteiger partial charge >= 0.3 is 0 Å². The van der Waals surface area contributed by atoms with E-state index in [9.17, 15) is 4.79 Å². The number of halogens is 4. The molecule has 0 unspecified atom stereocenters. The van der Waals surface area contributed by atoms with Crippen molar-refractivity contribution >= 4 is 52.3 Å². The lowest BCUT2D eigenvalue weighted by Gasteiger charge is -2.26. The highest BCUT2D eigenvalue weighted by Crippen LogP contribution is 2.21. The summed E-state index contributed by atoms with van der Waals surface area (Å²) in [6, 6.07) is 4.68. The minimum absolute atomic E-state index is 0.209. The van der Waals surface area contributed by atoms with Crippen LogP contribution in [-0.4, -0.2) is 23.2 Å². The number of rotatable bonds is 4. The molecule has 0 fully saturated rings. The van der Waals surface area contributed by atoms with Crippen LogP contribution in [0.25, 0.3) is 0 Å². The maximum Gasteiger partial charge on any atom is 0.253 e. The normalized spacial score (nSPS) is 11.4. The van der Waals surface area contributed by atoms with Gasteiger partial charge in [0.05, 0.1) is 16.1 Å². The van der Waals surface area contributed by atoms with Gasteiger partial charge in [-0.1, -0.05) is 23.2 Å². The molecular formula is C11H11Cl4NO. The van der Waals surface area contributed by atoms with Gasteiger partial charge in [0.1, 0.15) is 0 Å². The topological polar surface area (TPSA) is 29.1 Å². The summed E-state index contributed by atoms with van der Waals surface area (Å²) >= 11 is 23.2. The van der Waals surface area contributed by atoms with E-state index in [1.807, 2.05) is 0 Å². The summed E-state index contributed by atoms with van der Waals surface area (Å²) in [7, 11) is 0. The van der Waals surface area contributed by atoms with Crippen LogP contribution < -0.4 is 5.32 Å². The Morgan fingerprint density at radius 3 is 2.41 bits per heavy atom. The third-order valence-electron chi connectivity index (χ3n) is 2.18. The second kappa shape index (κ2) is 6.14. The van der Waals surface area contributed by atoms with E-state index < -0.39 is 5.54 Å². The van der Waals surface area contributed by atoms with E-state index in [4.69, 9.17) is 46.4 Å². The Kier molecular flexibility index (Phi) is 5.39. The number of alkyl halides is 2. The second-order valence-electron chi connectivity index (χ2n) is 3.91. The smallest absolute Gasteiger partial charge is 0.253 e. The summed E-state index contributed by atoms with van der Waals surface area (Å²) in [5, 5.41) is 3.51. The van der Waals surface area contributed by atoms with E-state index in [2.05, 4.69) is 5.32 Å². The Labute approximate surface area is 120 Å². The van der Waals surface area contributed by atoms with Gasteiger partial charge in [0.25, 0.3) is 5.91 Å². The van der Waals surface area contributed by atoms with Crippen molar-refractivity contribution in [3.05, 3.63) is 33.8 Å². The van der Waals surface area contributed by atoms with E-state index in [-0.39, 0.29) is 17.7 Å². The number of hydrogen-bond acceptors (Lipinski definition) is 1. The van der Waals surface area contributed by atoms with Gasteiger partial charge < -0.3 is 5.32 Å². The van der Waals surface area contributed by atoms with Crippen LogP contribution >= 0.6 is 46.4 Å². The van der Waals surface area contributed by atoms with E-state index >= 15 is 0 Å². The molecule has 0 aromatic heterocycles. The molecule has 0 atom stereocenters. The highest BCUT2D eigenvalue weighted by Gasteiger charge is 2.25. The molecule has 0 bridgehead atoms. The van der Waals surface area contributed by atoms with E-state index in [0.717, 1.165) is 0 Å². The van der Waals surface area contributed by atoms with Gasteiger partial charge in [0.15, 0.2) is 0 Å². The minimum atomic E-state index is -0.675. The number of nitrogens with one attached hydrogen (secondary N) is 1. The molecule has 0 spiro atoms. The maximum absolute atomic E-state index is 12.0. The average Bonchev–Trinajstić information content (AvgIpc) is 2.32. The number of carbonyl (C=O) groups is 1. The molecule has 1 aromatic rings. The summed E-state index contributed by atoms with van der Waals surface area (Å²) in [5.74, 6) is 0.0715. The molecule has 1 aromatic carbocycles. The number of amides is 1. The third-order valence-corrected chi connectivity index (χ3v) is 3.92. The molecule has 2 nitrogen and oxygen atoms in total. The van der Waals surface area contributed by atoms with Gasteiger partial charge in [-0.25, -0.2) is 0 Å². The van der Waals surface area contributed by atoms with Crippen molar-refractivity contribution in [2.45, 2.75) is 12.5 Å². The van der Waals surface area contributed by atoms with E-state index in [0.29, 0.717) is 15.6 Å². The van der Waals surface area contributed by atoms with Crippen molar-refractivity contribution in [1.82, 2.24) is 5.32 Å². The van der Waals surface area contributed by atoms with Gasteiger partial charge in [-0.3, -0.25) is 4.79 Å². The SMILES string of the molecule is CC(CCl)(CCl)NC(=O)c1cc(Cl)ccc1Cl. The van der Waals surface area contributed by atoms with Crippen LogP contribution in [0.15, 0.2) is 18.2 Å². The van der Waals surface area contributed by atoms with E-state index in [1.54, 1.807) is 19.1 Å². The fourth-order valence-corrected chi connectivity index (χ4v) is 1.91. The Morgan fingerprint density at radius 1 is 1.29 bits per heavy atom. The zero-order chi connectivity index (χ0) is 13.1. The van der Waals surface area contributed by atoms with Crippen LogP contribution in [0.5, 0.6) is 0 Å². The Balaban J connectivity index is 2.94. The average molecular weight is 315 g/mol. The predicted octanol–water partition coefficient (Wildman–Crippen LogP) is 3.96. The van der Waals surface area contributed by atoms with Crippen LogP contribution in [0.4, 0.5) is 0 Å². The molecule has 0 aliphatic rings. The molecule has 94 valence electrons. The first-order chi connectivity index (χ1) is 7.91. The van der Waals surface area contributed by atoms with Gasteiger partial charge in [0.2, 0.25) is 0 Å². The van der Waals surface area contributed by atoms with Crippen molar-refractivity contribution in [2.24, 2.45) is 0 Å². The molecule has 0 aliphatic heterocycles. The molecule has 0 saturated carbocycles. The highest BCUT2D eigenvalue weighted by molar-refractivity contribution is 6.35. The van der Waals surface area contributed by atoms with Crippen molar-refractivity contribution in [1.29, 1.82) is 0 Å². The van der Waals surface area contributed by atoms with Crippen molar-refractivity contribution in [2.75, 3.05) is 11.8 Å². The lowest BCUT2D eigenvalue weighted by Crippen LogP contribution is -2.49. The van der Waals surface area contributed by atoms with Crippen LogP contribution in [0.2, 0.25) is 10.0 Å². The van der Waals surface area contributed by atoms with Crippen LogP contribution in [0.3, 0.4) is 0 Å². The molecule has 1 N–H and O–H groups in total. The number of carbonyl (C=O) groups excluding carboxylic acids is 1. The lowest BCUT2D eigenvalue weighted by atomic mass is 10.1. The second-order valence-corrected chi connectivity index (χ2v) is 5.28. The quantitative estimate of drug-likeness (QED) is 0.837. The Bertz CT molecular complexity index is 418. The molecular weight excluding hydrogens is 304 g/mol. The third kappa shape index (κ3) is 3.92. The number of benzene rings is 1. The Morgan fingerprint density at radius 2 is 1.88 bits per heavy atom. The van der Waals surface area contributed by atoms with Gasteiger partial charge in [-0.2, -0.15) is 0 Å². The first-order valence-electron chi connectivity index (χ1n) is 4.81.